The van der Waals surface area contributed by atoms with Crippen molar-refractivity contribution in [2.24, 2.45) is 5.41 Å². The van der Waals surface area contributed by atoms with Gasteiger partial charge in [-0.15, -0.1) is 0 Å². The topological polar surface area (TPSA) is 99.4 Å². The zero-order valence-corrected chi connectivity index (χ0v) is 10.1. The van der Waals surface area contributed by atoms with Crippen LogP contribution >= 0.6 is 0 Å². The average molecular weight is 240 g/mol. The zero-order valence-electron chi connectivity index (χ0n) is 10.1. The Morgan fingerprint density at radius 2 is 2.00 bits per heavy atom. The highest BCUT2D eigenvalue weighted by molar-refractivity contribution is 5.98. The molecule has 0 fully saturated rings. The average Bonchev–Trinajstić information content (AvgIpc) is 2.30. The largest absolute Gasteiger partial charge is 0.480 e. The number of carboxylic acids is 1. The van der Waals surface area contributed by atoms with Crippen LogP contribution in [0.3, 0.4) is 0 Å². The van der Waals surface area contributed by atoms with E-state index in [0.29, 0.717) is 5.57 Å². The predicted molar refractivity (Wildman–Crippen MR) is 59.2 cm³/mol. The predicted octanol–water partition coefficient (Wildman–Crippen LogP) is 1.35. The molecule has 0 unspecified atom stereocenters. The van der Waals surface area contributed by atoms with Gasteiger partial charge in [-0.2, -0.15) is 5.26 Å². The van der Waals surface area contributed by atoms with Crippen LogP contribution in [0, 0.1) is 16.7 Å². The molecular weight excluding hydrogens is 224 g/mol. The molecule has 0 spiro atoms. The molecule has 0 radical (unpaired) electrons. The van der Waals surface area contributed by atoms with Gasteiger partial charge in [0.15, 0.2) is 5.41 Å². The Bertz CT molecular complexity index is 364. The van der Waals surface area contributed by atoms with Crippen molar-refractivity contribution in [2.75, 3.05) is 0 Å². The summed E-state index contributed by atoms with van der Waals surface area (Å²) in [6, 6.07) is 1.82. The summed E-state index contributed by atoms with van der Waals surface area (Å²) < 4.78 is 0. The SMILES string of the molecule is CCC(CC)(C(=O)O)C(=O)ONC=C(C)C#N. The molecule has 0 amide bonds. The lowest BCUT2D eigenvalue weighted by atomic mass is 9.83. The second kappa shape index (κ2) is 6.53. The number of carboxylic acid groups (broad SMARTS) is 1. The molecule has 6 heteroatoms. The van der Waals surface area contributed by atoms with E-state index in [0.717, 1.165) is 0 Å². The Labute approximate surface area is 99.8 Å². The summed E-state index contributed by atoms with van der Waals surface area (Å²) in [7, 11) is 0. The molecule has 0 aromatic heterocycles. The summed E-state index contributed by atoms with van der Waals surface area (Å²) in [6.07, 6.45) is 1.47. The monoisotopic (exact) mass is 240 g/mol. The van der Waals surface area contributed by atoms with Crippen LogP contribution in [0.5, 0.6) is 0 Å². The van der Waals surface area contributed by atoms with Gasteiger partial charge in [0, 0.05) is 11.8 Å². The molecule has 2 N–H and O–H groups in total. The molecule has 0 saturated carbocycles. The molecule has 17 heavy (non-hydrogen) atoms. The van der Waals surface area contributed by atoms with Crippen LogP contribution < -0.4 is 5.48 Å². The lowest BCUT2D eigenvalue weighted by molar-refractivity contribution is -0.173. The molecule has 0 bridgehead atoms. The number of aliphatic carboxylic acids is 1. The van der Waals surface area contributed by atoms with E-state index in [1.807, 2.05) is 6.07 Å². The van der Waals surface area contributed by atoms with Crippen molar-refractivity contribution in [3.05, 3.63) is 11.8 Å². The van der Waals surface area contributed by atoms with Gasteiger partial charge >= 0.3 is 11.9 Å². The third-order valence-electron chi connectivity index (χ3n) is 2.61. The van der Waals surface area contributed by atoms with E-state index in [1.165, 1.54) is 13.1 Å². The number of nitrogens with one attached hydrogen (secondary N) is 1. The van der Waals surface area contributed by atoms with Gasteiger partial charge in [0.2, 0.25) is 0 Å². The molecule has 0 aromatic carbocycles. The minimum absolute atomic E-state index is 0.139. The Morgan fingerprint density at radius 3 is 2.35 bits per heavy atom. The molecule has 0 heterocycles. The van der Waals surface area contributed by atoms with Crippen molar-refractivity contribution >= 4 is 11.9 Å². The van der Waals surface area contributed by atoms with E-state index in [4.69, 9.17) is 10.4 Å². The first-order valence-corrected chi connectivity index (χ1v) is 5.21. The minimum atomic E-state index is -1.54. The number of hydrogen-bond donors (Lipinski definition) is 2. The van der Waals surface area contributed by atoms with Crippen molar-refractivity contribution in [1.82, 2.24) is 5.48 Å². The molecule has 94 valence electrons. The first-order valence-electron chi connectivity index (χ1n) is 5.21. The lowest BCUT2D eigenvalue weighted by Gasteiger charge is -2.23. The molecular formula is C11H16N2O4. The summed E-state index contributed by atoms with van der Waals surface area (Å²) >= 11 is 0. The fraction of sp³-hybridized carbons (Fsp3) is 0.545. The number of rotatable bonds is 6. The summed E-state index contributed by atoms with van der Waals surface area (Å²) in [6.45, 7) is 4.73. The van der Waals surface area contributed by atoms with Crippen LogP contribution in [-0.2, 0) is 14.4 Å². The second-order valence-corrected chi connectivity index (χ2v) is 3.54. The summed E-state index contributed by atoms with van der Waals surface area (Å²) in [4.78, 5) is 27.4. The fourth-order valence-corrected chi connectivity index (χ4v) is 1.23. The normalized spacial score (nSPS) is 11.5. The van der Waals surface area contributed by atoms with Gasteiger partial charge in [0.1, 0.15) is 0 Å². The van der Waals surface area contributed by atoms with Crippen molar-refractivity contribution < 1.29 is 19.5 Å². The molecule has 0 rings (SSSR count). The van der Waals surface area contributed by atoms with Crippen LogP contribution in [0.15, 0.2) is 11.8 Å². The standard InChI is InChI=1S/C11H16N2O4/c1-4-11(5-2,9(14)15)10(16)17-13-7-8(3)6-12/h7,13H,4-5H2,1-3H3,(H,14,15). The summed E-state index contributed by atoms with van der Waals surface area (Å²) in [5, 5.41) is 17.5. The molecule has 0 aliphatic rings. The third-order valence-corrected chi connectivity index (χ3v) is 2.61. The zero-order chi connectivity index (χ0) is 13.5. The van der Waals surface area contributed by atoms with Crippen molar-refractivity contribution in [3.63, 3.8) is 0 Å². The van der Waals surface area contributed by atoms with Crippen LogP contribution in [0.4, 0.5) is 0 Å². The molecule has 0 saturated heterocycles. The van der Waals surface area contributed by atoms with E-state index in [2.05, 4.69) is 10.3 Å². The maximum atomic E-state index is 11.7. The first kappa shape index (κ1) is 15.0. The van der Waals surface area contributed by atoms with Crippen LogP contribution in [0.25, 0.3) is 0 Å². The molecule has 6 nitrogen and oxygen atoms in total. The number of allylic oxidation sites excluding steroid dienone is 1. The van der Waals surface area contributed by atoms with Gasteiger partial charge in [0.25, 0.3) is 0 Å². The van der Waals surface area contributed by atoms with Gasteiger partial charge in [-0.3, -0.25) is 4.79 Å². The number of nitrogens with zero attached hydrogens (tertiary/aromatic N) is 1. The Morgan fingerprint density at radius 1 is 1.47 bits per heavy atom. The van der Waals surface area contributed by atoms with Crippen LogP contribution in [0.2, 0.25) is 0 Å². The van der Waals surface area contributed by atoms with Gasteiger partial charge < -0.3 is 9.94 Å². The van der Waals surface area contributed by atoms with Crippen molar-refractivity contribution in [3.8, 4) is 6.07 Å². The van der Waals surface area contributed by atoms with Crippen LogP contribution in [0.1, 0.15) is 33.6 Å². The van der Waals surface area contributed by atoms with E-state index in [9.17, 15) is 9.59 Å². The quantitative estimate of drug-likeness (QED) is 0.413. The molecule has 0 aliphatic carbocycles. The highest BCUT2D eigenvalue weighted by atomic mass is 16.7. The Balaban J connectivity index is 4.68. The smallest absolute Gasteiger partial charge is 0.349 e. The van der Waals surface area contributed by atoms with Crippen molar-refractivity contribution in [1.29, 1.82) is 5.26 Å². The molecule has 0 atom stereocenters. The lowest BCUT2D eigenvalue weighted by Crippen LogP contribution is -2.41. The highest BCUT2D eigenvalue weighted by Crippen LogP contribution is 2.28. The van der Waals surface area contributed by atoms with Crippen LogP contribution in [-0.4, -0.2) is 17.0 Å². The molecule has 0 aromatic rings. The fourth-order valence-electron chi connectivity index (χ4n) is 1.23. The van der Waals surface area contributed by atoms with E-state index < -0.39 is 17.4 Å². The van der Waals surface area contributed by atoms with E-state index >= 15 is 0 Å². The van der Waals surface area contributed by atoms with E-state index in [1.54, 1.807) is 13.8 Å². The van der Waals surface area contributed by atoms with Gasteiger partial charge in [-0.25, -0.2) is 10.3 Å². The Kier molecular flexibility index (Phi) is 5.75. The summed E-state index contributed by atoms with van der Waals surface area (Å²) in [5.74, 6) is -2.08. The van der Waals surface area contributed by atoms with Gasteiger partial charge in [-0.05, 0) is 19.8 Å². The maximum absolute atomic E-state index is 11.7. The second-order valence-electron chi connectivity index (χ2n) is 3.54. The highest BCUT2D eigenvalue weighted by Gasteiger charge is 2.45. The molecule has 0 aliphatic heterocycles. The third kappa shape index (κ3) is 3.48. The maximum Gasteiger partial charge on any atom is 0.349 e. The summed E-state index contributed by atoms with van der Waals surface area (Å²) in [5.41, 5.74) is 0.939. The number of hydroxylamine groups is 1. The van der Waals surface area contributed by atoms with Gasteiger partial charge in [0.05, 0.1) is 6.07 Å². The number of carbonyl (C=O) groups excluding carboxylic acids is 1. The van der Waals surface area contributed by atoms with Crippen molar-refractivity contribution in [2.45, 2.75) is 33.6 Å². The Hall–Kier alpha value is -2.03. The van der Waals surface area contributed by atoms with Gasteiger partial charge in [-0.1, -0.05) is 13.8 Å². The number of carbonyl (C=O) groups is 2. The van der Waals surface area contributed by atoms with E-state index in [-0.39, 0.29) is 12.8 Å². The minimum Gasteiger partial charge on any atom is -0.480 e. The first-order chi connectivity index (χ1) is 7.94. The number of hydrogen-bond acceptors (Lipinski definition) is 5. The number of nitriles is 1.